The zero-order valence-electron chi connectivity index (χ0n) is 17.2. The van der Waals surface area contributed by atoms with Gasteiger partial charge in [-0.05, 0) is 49.2 Å². The Morgan fingerprint density at radius 1 is 1.10 bits per heavy atom. The van der Waals surface area contributed by atoms with Crippen molar-refractivity contribution < 1.29 is 23.9 Å². The lowest BCUT2D eigenvalue weighted by Gasteiger charge is -2.19. The molecular formula is C23H26N2O5. The van der Waals surface area contributed by atoms with E-state index in [1.54, 1.807) is 29.2 Å². The van der Waals surface area contributed by atoms with Gasteiger partial charge in [-0.25, -0.2) is 0 Å². The predicted molar refractivity (Wildman–Crippen MR) is 113 cm³/mol. The van der Waals surface area contributed by atoms with E-state index in [0.29, 0.717) is 18.0 Å². The molecule has 0 aliphatic carbocycles. The molecule has 0 spiro atoms. The molecule has 0 unspecified atom stereocenters. The molecular weight excluding hydrogens is 384 g/mol. The molecule has 1 aliphatic heterocycles. The van der Waals surface area contributed by atoms with E-state index >= 15 is 0 Å². The van der Waals surface area contributed by atoms with Gasteiger partial charge in [-0.1, -0.05) is 25.1 Å². The molecule has 0 bridgehead atoms. The molecule has 2 aromatic carbocycles. The standard InChI is InChI=1S/C23H26N2O5/c1-3-16-7-5-6-8-20(16)25-14-17(13-22(25)27)23(28)30-15-21(26)24-18-9-11-19(12-10-18)29-4-2/h5-12,17H,3-4,13-15H2,1-2H3,(H,24,26)/t17-/m1/s1. The van der Waals surface area contributed by atoms with Crippen molar-refractivity contribution >= 4 is 29.2 Å². The van der Waals surface area contributed by atoms with Crippen LogP contribution in [0, 0.1) is 5.92 Å². The van der Waals surface area contributed by atoms with Gasteiger partial charge in [0.05, 0.1) is 12.5 Å². The first-order valence-electron chi connectivity index (χ1n) is 10.1. The van der Waals surface area contributed by atoms with Gasteiger partial charge in [0.15, 0.2) is 6.61 Å². The second kappa shape index (κ2) is 9.91. The third kappa shape index (κ3) is 5.17. The van der Waals surface area contributed by atoms with Crippen LogP contribution in [-0.4, -0.2) is 37.5 Å². The summed E-state index contributed by atoms with van der Waals surface area (Å²) in [6.07, 6.45) is 0.873. The minimum Gasteiger partial charge on any atom is -0.494 e. The van der Waals surface area contributed by atoms with Crippen LogP contribution in [0.25, 0.3) is 0 Å². The summed E-state index contributed by atoms with van der Waals surface area (Å²) in [7, 11) is 0. The lowest BCUT2D eigenvalue weighted by atomic mass is 10.1. The van der Waals surface area contributed by atoms with Crippen LogP contribution in [0.3, 0.4) is 0 Å². The molecule has 1 heterocycles. The van der Waals surface area contributed by atoms with E-state index in [9.17, 15) is 14.4 Å². The highest BCUT2D eigenvalue weighted by molar-refractivity contribution is 6.00. The number of ether oxygens (including phenoxy) is 2. The first-order chi connectivity index (χ1) is 14.5. The molecule has 1 saturated heterocycles. The highest BCUT2D eigenvalue weighted by Gasteiger charge is 2.37. The average molecular weight is 410 g/mol. The smallest absolute Gasteiger partial charge is 0.311 e. The minimum atomic E-state index is -0.583. The summed E-state index contributed by atoms with van der Waals surface area (Å²) in [6.45, 7) is 4.34. The van der Waals surface area contributed by atoms with E-state index in [0.717, 1.165) is 17.7 Å². The molecule has 1 fully saturated rings. The summed E-state index contributed by atoms with van der Waals surface area (Å²) < 4.78 is 10.5. The molecule has 158 valence electrons. The maximum atomic E-state index is 12.4. The largest absolute Gasteiger partial charge is 0.494 e. The number of benzene rings is 2. The van der Waals surface area contributed by atoms with Crippen molar-refractivity contribution in [1.82, 2.24) is 0 Å². The van der Waals surface area contributed by atoms with Crippen molar-refractivity contribution in [3.63, 3.8) is 0 Å². The lowest BCUT2D eigenvalue weighted by molar-refractivity contribution is -0.151. The van der Waals surface area contributed by atoms with Crippen LogP contribution in [-0.2, 0) is 25.5 Å². The molecule has 0 radical (unpaired) electrons. The normalized spacial score (nSPS) is 15.7. The number of aryl methyl sites for hydroxylation is 1. The monoisotopic (exact) mass is 410 g/mol. The number of nitrogens with one attached hydrogen (secondary N) is 1. The van der Waals surface area contributed by atoms with E-state index in [1.165, 1.54) is 0 Å². The van der Waals surface area contributed by atoms with Crippen molar-refractivity contribution in [3.05, 3.63) is 54.1 Å². The summed E-state index contributed by atoms with van der Waals surface area (Å²) in [5.74, 6) is -0.967. The molecule has 7 nitrogen and oxygen atoms in total. The molecule has 1 atom stereocenters. The lowest BCUT2D eigenvalue weighted by Crippen LogP contribution is -2.28. The Labute approximate surface area is 176 Å². The third-order valence-electron chi connectivity index (χ3n) is 4.92. The van der Waals surface area contributed by atoms with E-state index in [4.69, 9.17) is 9.47 Å². The fraction of sp³-hybridized carbons (Fsp3) is 0.348. The van der Waals surface area contributed by atoms with Crippen molar-refractivity contribution in [2.45, 2.75) is 26.7 Å². The molecule has 1 aliphatic rings. The van der Waals surface area contributed by atoms with E-state index < -0.39 is 24.4 Å². The number of anilines is 2. The topological polar surface area (TPSA) is 84.9 Å². The number of nitrogens with zero attached hydrogens (tertiary/aromatic N) is 1. The quantitative estimate of drug-likeness (QED) is 0.676. The summed E-state index contributed by atoms with van der Waals surface area (Å²) in [6, 6.07) is 14.6. The summed E-state index contributed by atoms with van der Waals surface area (Å²) in [5.41, 5.74) is 2.46. The van der Waals surface area contributed by atoms with Crippen LogP contribution in [0.4, 0.5) is 11.4 Å². The van der Waals surface area contributed by atoms with Crippen molar-refractivity contribution in [2.75, 3.05) is 30.0 Å². The zero-order chi connectivity index (χ0) is 21.5. The summed E-state index contributed by atoms with van der Waals surface area (Å²) in [4.78, 5) is 38.5. The van der Waals surface area contributed by atoms with Crippen LogP contribution in [0.2, 0.25) is 0 Å². The molecule has 7 heteroatoms. The van der Waals surface area contributed by atoms with Gasteiger partial charge in [-0.15, -0.1) is 0 Å². The van der Waals surface area contributed by atoms with Gasteiger partial charge in [-0.2, -0.15) is 0 Å². The maximum Gasteiger partial charge on any atom is 0.311 e. The molecule has 2 amide bonds. The minimum absolute atomic E-state index is 0.0807. The highest BCUT2D eigenvalue weighted by Crippen LogP contribution is 2.29. The third-order valence-corrected chi connectivity index (χ3v) is 4.92. The Bertz CT molecular complexity index is 910. The number of carbonyl (C=O) groups is 3. The van der Waals surface area contributed by atoms with Crippen molar-refractivity contribution in [2.24, 2.45) is 5.92 Å². The highest BCUT2D eigenvalue weighted by atomic mass is 16.5. The first kappa shape index (κ1) is 21.4. The molecule has 1 N–H and O–H groups in total. The SMILES string of the molecule is CCOc1ccc(NC(=O)COC(=O)[C@@H]2CC(=O)N(c3ccccc3CC)C2)cc1. The number of hydrogen-bond acceptors (Lipinski definition) is 5. The van der Waals surface area contributed by atoms with Gasteiger partial charge in [0, 0.05) is 24.3 Å². The molecule has 30 heavy (non-hydrogen) atoms. The average Bonchev–Trinajstić information content (AvgIpc) is 3.15. The van der Waals surface area contributed by atoms with Crippen molar-refractivity contribution in [1.29, 1.82) is 0 Å². The van der Waals surface area contributed by atoms with E-state index in [1.807, 2.05) is 38.1 Å². The number of rotatable bonds is 8. The summed E-state index contributed by atoms with van der Waals surface area (Å²) >= 11 is 0. The second-order valence-electron chi connectivity index (χ2n) is 7.00. The Morgan fingerprint density at radius 3 is 2.53 bits per heavy atom. The second-order valence-corrected chi connectivity index (χ2v) is 7.00. The fourth-order valence-corrected chi connectivity index (χ4v) is 3.42. The number of amides is 2. The number of esters is 1. The van der Waals surface area contributed by atoms with E-state index in [2.05, 4.69) is 5.32 Å². The van der Waals surface area contributed by atoms with Gasteiger partial charge in [-0.3, -0.25) is 14.4 Å². The number of para-hydroxylation sites is 1. The number of hydrogen-bond donors (Lipinski definition) is 1. The van der Waals surface area contributed by atoms with Gasteiger partial charge in [0.1, 0.15) is 5.75 Å². The van der Waals surface area contributed by atoms with Crippen LogP contribution in [0.1, 0.15) is 25.8 Å². The first-order valence-corrected chi connectivity index (χ1v) is 10.1. The molecule has 0 aromatic heterocycles. The van der Waals surface area contributed by atoms with Crippen LogP contribution >= 0.6 is 0 Å². The Balaban J connectivity index is 1.51. The van der Waals surface area contributed by atoms with Gasteiger partial charge >= 0.3 is 5.97 Å². The number of carbonyl (C=O) groups excluding carboxylic acids is 3. The molecule has 2 aromatic rings. The maximum absolute atomic E-state index is 12.4. The Morgan fingerprint density at radius 2 is 1.83 bits per heavy atom. The fourth-order valence-electron chi connectivity index (χ4n) is 3.42. The zero-order valence-corrected chi connectivity index (χ0v) is 17.2. The van der Waals surface area contributed by atoms with Crippen molar-refractivity contribution in [3.8, 4) is 5.75 Å². The molecule has 0 saturated carbocycles. The van der Waals surface area contributed by atoms with Crippen LogP contribution in [0.15, 0.2) is 48.5 Å². The van der Waals surface area contributed by atoms with Crippen LogP contribution < -0.4 is 15.0 Å². The summed E-state index contributed by atoms with van der Waals surface area (Å²) in [5, 5.41) is 2.67. The van der Waals surface area contributed by atoms with E-state index in [-0.39, 0.29) is 18.9 Å². The van der Waals surface area contributed by atoms with Gasteiger partial charge in [0.2, 0.25) is 5.91 Å². The van der Waals surface area contributed by atoms with Crippen LogP contribution in [0.5, 0.6) is 5.75 Å². The van der Waals surface area contributed by atoms with Gasteiger partial charge < -0.3 is 19.7 Å². The Kier molecular flexibility index (Phi) is 7.06. The Hall–Kier alpha value is -3.35. The predicted octanol–water partition coefficient (Wildman–Crippen LogP) is 3.18. The van der Waals surface area contributed by atoms with Gasteiger partial charge in [0.25, 0.3) is 5.91 Å². The molecule has 3 rings (SSSR count).